The average molecular weight is 300 g/mol. The molecule has 0 bridgehead atoms. The highest BCUT2D eigenvalue weighted by Gasteiger charge is 2.28. The standard InChI is InChI=1S/C14H24N2O3S/c1-12(2)10-15-11-13-6-7-14(19-13)20(17,18)16-8-4-3-5-9-16/h6-7,12,15H,3-5,8-11H2,1-2H3. The molecular formula is C14H24N2O3S. The third kappa shape index (κ3) is 3.84. The van der Waals surface area contributed by atoms with Crippen LogP contribution in [-0.4, -0.2) is 32.4 Å². The van der Waals surface area contributed by atoms with E-state index in [4.69, 9.17) is 4.42 Å². The highest BCUT2D eigenvalue weighted by molar-refractivity contribution is 7.89. The van der Waals surface area contributed by atoms with E-state index < -0.39 is 10.0 Å². The maximum absolute atomic E-state index is 12.4. The third-order valence-corrected chi connectivity index (χ3v) is 5.17. The lowest BCUT2D eigenvalue weighted by Gasteiger charge is -2.24. The Morgan fingerprint density at radius 2 is 1.95 bits per heavy atom. The molecule has 1 saturated heterocycles. The summed E-state index contributed by atoms with van der Waals surface area (Å²) in [6.07, 6.45) is 2.97. The van der Waals surface area contributed by atoms with Crippen LogP contribution in [0.15, 0.2) is 21.6 Å². The van der Waals surface area contributed by atoms with Crippen molar-refractivity contribution in [1.29, 1.82) is 0 Å². The van der Waals surface area contributed by atoms with Gasteiger partial charge in [0.25, 0.3) is 10.0 Å². The molecule has 0 aliphatic carbocycles. The van der Waals surface area contributed by atoms with Crippen LogP contribution >= 0.6 is 0 Å². The molecule has 2 heterocycles. The van der Waals surface area contributed by atoms with Crippen LogP contribution in [0.3, 0.4) is 0 Å². The lowest BCUT2D eigenvalue weighted by Crippen LogP contribution is -2.35. The van der Waals surface area contributed by atoms with Gasteiger partial charge in [-0.1, -0.05) is 20.3 Å². The Morgan fingerprint density at radius 1 is 1.25 bits per heavy atom. The fraction of sp³-hybridized carbons (Fsp3) is 0.714. The predicted molar refractivity (Wildman–Crippen MR) is 77.9 cm³/mol. The van der Waals surface area contributed by atoms with Crippen LogP contribution in [-0.2, 0) is 16.6 Å². The van der Waals surface area contributed by atoms with E-state index in [1.165, 1.54) is 4.31 Å². The molecule has 6 heteroatoms. The van der Waals surface area contributed by atoms with Crippen LogP contribution in [0.4, 0.5) is 0 Å². The van der Waals surface area contributed by atoms with E-state index in [0.29, 0.717) is 31.3 Å². The lowest BCUT2D eigenvalue weighted by molar-refractivity contribution is 0.326. The fourth-order valence-electron chi connectivity index (χ4n) is 2.31. The molecule has 2 rings (SSSR count). The summed E-state index contributed by atoms with van der Waals surface area (Å²) in [4.78, 5) is 0. The Hall–Kier alpha value is -0.850. The topological polar surface area (TPSA) is 62.6 Å². The molecule has 1 fully saturated rings. The van der Waals surface area contributed by atoms with Crippen molar-refractivity contribution in [3.05, 3.63) is 17.9 Å². The highest BCUT2D eigenvalue weighted by Crippen LogP contribution is 2.22. The van der Waals surface area contributed by atoms with E-state index in [1.807, 2.05) is 0 Å². The summed E-state index contributed by atoms with van der Waals surface area (Å²) in [5.74, 6) is 1.22. The Morgan fingerprint density at radius 3 is 2.60 bits per heavy atom. The molecular weight excluding hydrogens is 276 g/mol. The quantitative estimate of drug-likeness (QED) is 0.875. The summed E-state index contributed by atoms with van der Waals surface area (Å²) in [7, 11) is -3.44. The Balaban J connectivity index is 2.00. The van der Waals surface area contributed by atoms with Gasteiger partial charge in [-0.3, -0.25) is 0 Å². The maximum atomic E-state index is 12.4. The SMILES string of the molecule is CC(C)CNCc1ccc(S(=O)(=O)N2CCCCC2)o1. The maximum Gasteiger partial charge on any atom is 0.276 e. The van der Waals surface area contributed by atoms with Crippen molar-refractivity contribution in [1.82, 2.24) is 9.62 Å². The summed E-state index contributed by atoms with van der Waals surface area (Å²) in [5, 5.41) is 3.31. The molecule has 1 aliphatic heterocycles. The smallest absolute Gasteiger partial charge is 0.276 e. The second-order valence-electron chi connectivity index (χ2n) is 5.71. The van der Waals surface area contributed by atoms with E-state index >= 15 is 0 Å². The van der Waals surface area contributed by atoms with Gasteiger partial charge in [-0.05, 0) is 37.4 Å². The van der Waals surface area contributed by atoms with Crippen molar-refractivity contribution in [3.8, 4) is 0 Å². The number of hydrogen-bond acceptors (Lipinski definition) is 4. The number of hydrogen-bond donors (Lipinski definition) is 1. The monoisotopic (exact) mass is 300 g/mol. The molecule has 0 spiro atoms. The highest BCUT2D eigenvalue weighted by atomic mass is 32.2. The average Bonchev–Trinajstić information content (AvgIpc) is 2.89. The van der Waals surface area contributed by atoms with Crippen molar-refractivity contribution < 1.29 is 12.8 Å². The molecule has 1 N–H and O–H groups in total. The van der Waals surface area contributed by atoms with E-state index in [2.05, 4.69) is 19.2 Å². The van der Waals surface area contributed by atoms with E-state index in [1.54, 1.807) is 12.1 Å². The molecule has 0 atom stereocenters. The summed E-state index contributed by atoms with van der Waals surface area (Å²) in [5.41, 5.74) is 0. The first-order valence-electron chi connectivity index (χ1n) is 7.30. The van der Waals surface area contributed by atoms with Gasteiger partial charge in [-0.2, -0.15) is 4.31 Å². The molecule has 1 aromatic rings. The molecule has 0 saturated carbocycles. The summed E-state index contributed by atoms with van der Waals surface area (Å²) in [6, 6.07) is 3.31. The number of sulfonamides is 1. The molecule has 1 aliphatic rings. The summed E-state index contributed by atoms with van der Waals surface area (Å²) < 4.78 is 31.8. The van der Waals surface area contributed by atoms with Crippen molar-refractivity contribution >= 4 is 10.0 Å². The van der Waals surface area contributed by atoms with Crippen molar-refractivity contribution in [2.75, 3.05) is 19.6 Å². The molecule has 0 amide bonds. The molecule has 0 unspecified atom stereocenters. The zero-order chi connectivity index (χ0) is 14.6. The first-order chi connectivity index (χ1) is 9.50. The van der Waals surface area contributed by atoms with Gasteiger partial charge in [0.15, 0.2) is 0 Å². The zero-order valence-corrected chi connectivity index (χ0v) is 13.1. The Labute approximate surface area is 121 Å². The van der Waals surface area contributed by atoms with E-state index in [9.17, 15) is 8.42 Å². The number of nitrogens with one attached hydrogen (secondary N) is 1. The Kier molecular flexibility index (Phi) is 5.23. The first kappa shape index (κ1) is 15.5. The van der Waals surface area contributed by atoms with Gasteiger partial charge in [0, 0.05) is 13.1 Å². The largest absolute Gasteiger partial charge is 0.447 e. The van der Waals surface area contributed by atoms with Crippen molar-refractivity contribution in [2.45, 2.75) is 44.7 Å². The minimum atomic E-state index is -3.44. The third-order valence-electron chi connectivity index (χ3n) is 3.40. The predicted octanol–water partition coefficient (Wildman–Crippen LogP) is 2.20. The van der Waals surface area contributed by atoms with Crippen molar-refractivity contribution in [2.24, 2.45) is 5.92 Å². The number of nitrogens with zero attached hydrogens (tertiary/aromatic N) is 1. The van der Waals surface area contributed by atoms with Gasteiger partial charge in [-0.25, -0.2) is 8.42 Å². The van der Waals surface area contributed by atoms with Gasteiger partial charge in [-0.15, -0.1) is 0 Å². The van der Waals surface area contributed by atoms with Gasteiger partial charge in [0.2, 0.25) is 5.09 Å². The van der Waals surface area contributed by atoms with Crippen LogP contribution < -0.4 is 5.32 Å². The molecule has 114 valence electrons. The number of piperidine rings is 1. The Bertz CT molecular complexity index is 516. The number of rotatable bonds is 6. The van der Waals surface area contributed by atoms with Gasteiger partial charge in [0.1, 0.15) is 5.76 Å². The second kappa shape index (κ2) is 6.74. The molecule has 0 radical (unpaired) electrons. The van der Waals surface area contributed by atoms with Crippen LogP contribution in [0.2, 0.25) is 0 Å². The van der Waals surface area contributed by atoms with Gasteiger partial charge < -0.3 is 9.73 Å². The van der Waals surface area contributed by atoms with Crippen LogP contribution in [0.25, 0.3) is 0 Å². The second-order valence-corrected chi connectivity index (χ2v) is 7.58. The van der Waals surface area contributed by atoms with Crippen LogP contribution in [0.1, 0.15) is 38.9 Å². The molecule has 1 aromatic heterocycles. The molecule has 0 aromatic carbocycles. The van der Waals surface area contributed by atoms with Crippen molar-refractivity contribution in [3.63, 3.8) is 0 Å². The minimum absolute atomic E-state index is 0.0701. The van der Waals surface area contributed by atoms with E-state index in [0.717, 1.165) is 25.8 Å². The van der Waals surface area contributed by atoms with E-state index in [-0.39, 0.29) is 5.09 Å². The van der Waals surface area contributed by atoms with Gasteiger partial charge >= 0.3 is 0 Å². The van der Waals surface area contributed by atoms with Crippen LogP contribution in [0.5, 0.6) is 0 Å². The number of furan rings is 1. The van der Waals surface area contributed by atoms with Gasteiger partial charge in [0.05, 0.1) is 6.54 Å². The normalized spacial score (nSPS) is 17.8. The first-order valence-corrected chi connectivity index (χ1v) is 8.74. The summed E-state index contributed by atoms with van der Waals surface area (Å²) in [6.45, 7) is 6.90. The fourth-order valence-corrected chi connectivity index (χ4v) is 3.75. The van der Waals surface area contributed by atoms with Crippen LogP contribution in [0, 0.1) is 5.92 Å². The lowest BCUT2D eigenvalue weighted by atomic mass is 10.2. The molecule has 20 heavy (non-hydrogen) atoms. The molecule has 5 nitrogen and oxygen atoms in total. The zero-order valence-electron chi connectivity index (χ0n) is 12.3. The minimum Gasteiger partial charge on any atom is -0.447 e. The summed E-state index contributed by atoms with van der Waals surface area (Å²) >= 11 is 0.